The Morgan fingerprint density at radius 1 is 1.21 bits per heavy atom. The number of halogens is 2. The summed E-state index contributed by atoms with van der Waals surface area (Å²) < 4.78 is 6.07. The number of amides is 2. The number of methoxy groups -OCH3 is 1. The molecule has 0 bridgehead atoms. The van der Waals surface area contributed by atoms with Gasteiger partial charge in [0.15, 0.2) is 0 Å². The van der Waals surface area contributed by atoms with E-state index >= 15 is 0 Å². The van der Waals surface area contributed by atoms with Crippen LogP contribution in [-0.4, -0.2) is 25.5 Å². The van der Waals surface area contributed by atoms with Crippen molar-refractivity contribution in [3.05, 3.63) is 57.0 Å². The summed E-state index contributed by atoms with van der Waals surface area (Å²) in [7, 11) is 1.49. The zero-order valence-electron chi connectivity index (χ0n) is 13.2. The van der Waals surface area contributed by atoms with Gasteiger partial charge in [0.1, 0.15) is 5.75 Å². The molecule has 0 fully saturated rings. The van der Waals surface area contributed by atoms with E-state index in [0.717, 1.165) is 10.0 Å². The smallest absolute Gasteiger partial charge is 0.251 e. The zero-order valence-corrected chi connectivity index (χ0v) is 15.5. The lowest BCUT2D eigenvalue weighted by molar-refractivity contribution is -0.115. The van der Waals surface area contributed by atoms with Crippen molar-refractivity contribution < 1.29 is 14.3 Å². The molecule has 0 unspecified atom stereocenters. The average Bonchev–Trinajstić information content (AvgIpc) is 2.56. The van der Waals surface area contributed by atoms with Crippen LogP contribution in [-0.2, 0) is 4.79 Å². The normalized spacial score (nSPS) is 10.2. The van der Waals surface area contributed by atoms with Crippen molar-refractivity contribution in [2.24, 2.45) is 0 Å². The monoisotopic (exact) mass is 410 g/mol. The second kappa shape index (κ2) is 8.17. The van der Waals surface area contributed by atoms with Gasteiger partial charge in [-0.2, -0.15) is 0 Å². The van der Waals surface area contributed by atoms with Crippen molar-refractivity contribution in [1.29, 1.82) is 0 Å². The maximum absolute atomic E-state index is 12.0. The number of carbonyl (C=O) groups excluding carboxylic acids is 2. The van der Waals surface area contributed by atoms with Crippen LogP contribution in [0.15, 0.2) is 40.9 Å². The van der Waals surface area contributed by atoms with Crippen LogP contribution in [0, 0.1) is 6.92 Å². The number of rotatable bonds is 5. The van der Waals surface area contributed by atoms with Gasteiger partial charge in [-0.25, -0.2) is 0 Å². The Bertz CT molecular complexity index is 763. The second-order valence-electron chi connectivity index (χ2n) is 5.04. The first-order valence-corrected chi connectivity index (χ1v) is 8.25. The SMILES string of the molecule is COc1cc(Cl)c(C)cc1NC(=O)CNC(=O)c1ccc(Br)cc1. The Labute approximate surface area is 153 Å². The minimum atomic E-state index is -0.361. The molecule has 2 rings (SSSR count). The van der Waals surface area contributed by atoms with Gasteiger partial charge in [0.25, 0.3) is 5.91 Å². The van der Waals surface area contributed by atoms with Gasteiger partial charge in [0.05, 0.1) is 19.3 Å². The highest BCUT2D eigenvalue weighted by Crippen LogP contribution is 2.30. The van der Waals surface area contributed by atoms with Gasteiger partial charge < -0.3 is 15.4 Å². The quantitative estimate of drug-likeness (QED) is 0.786. The van der Waals surface area contributed by atoms with Crippen molar-refractivity contribution in [1.82, 2.24) is 5.32 Å². The topological polar surface area (TPSA) is 67.4 Å². The van der Waals surface area contributed by atoms with Crippen LogP contribution < -0.4 is 15.4 Å². The van der Waals surface area contributed by atoms with E-state index in [0.29, 0.717) is 22.0 Å². The molecule has 0 atom stereocenters. The van der Waals surface area contributed by atoms with Crippen molar-refractivity contribution in [3.63, 3.8) is 0 Å². The minimum absolute atomic E-state index is 0.153. The van der Waals surface area contributed by atoms with Gasteiger partial charge in [0, 0.05) is 21.1 Å². The van der Waals surface area contributed by atoms with Crippen LogP contribution in [0.25, 0.3) is 0 Å². The van der Waals surface area contributed by atoms with Crippen LogP contribution in [0.2, 0.25) is 5.02 Å². The molecule has 0 spiro atoms. The summed E-state index contributed by atoms with van der Waals surface area (Å²) in [6.07, 6.45) is 0. The number of hydrogen-bond donors (Lipinski definition) is 2. The first-order valence-electron chi connectivity index (χ1n) is 7.08. The Hall–Kier alpha value is -2.05. The fraction of sp³-hybridized carbons (Fsp3) is 0.176. The van der Waals surface area contributed by atoms with E-state index in [4.69, 9.17) is 16.3 Å². The highest BCUT2D eigenvalue weighted by atomic mass is 79.9. The molecule has 0 aliphatic heterocycles. The second-order valence-corrected chi connectivity index (χ2v) is 6.36. The lowest BCUT2D eigenvalue weighted by Crippen LogP contribution is -2.32. The molecular weight excluding hydrogens is 396 g/mol. The van der Waals surface area contributed by atoms with Gasteiger partial charge >= 0.3 is 0 Å². The summed E-state index contributed by atoms with van der Waals surface area (Å²) in [5, 5.41) is 5.82. The molecule has 0 aliphatic carbocycles. The van der Waals surface area contributed by atoms with Crippen molar-refractivity contribution in [3.8, 4) is 5.75 Å². The molecule has 0 saturated carbocycles. The first kappa shape index (κ1) is 18.3. The highest BCUT2D eigenvalue weighted by Gasteiger charge is 2.12. The Balaban J connectivity index is 1.97. The number of anilines is 1. The molecule has 0 saturated heterocycles. The summed E-state index contributed by atoms with van der Waals surface area (Å²) in [6, 6.07) is 10.2. The molecule has 0 aliphatic rings. The summed E-state index contributed by atoms with van der Waals surface area (Å²) in [5.41, 5.74) is 1.79. The summed E-state index contributed by atoms with van der Waals surface area (Å²) in [5.74, 6) is -0.226. The standard InChI is InChI=1S/C17H16BrClN2O3/c1-10-7-14(15(24-2)8-13(10)19)21-16(22)9-20-17(23)11-3-5-12(18)6-4-11/h3-8H,9H2,1-2H3,(H,20,23)(H,21,22). The summed E-state index contributed by atoms with van der Waals surface area (Å²) in [4.78, 5) is 24.0. The lowest BCUT2D eigenvalue weighted by atomic mass is 10.2. The van der Waals surface area contributed by atoms with E-state index < -0.39 is 0 Å². The van der Waals surface area contributed by atoms with Gasteiger partial charge in [-0.05, 0) is 42.8 Å². The fourth-order valence-electron chi connectivity index (χ4n) is 1.99. The van der Waals surface area contributed by atoms with E-state index in [1.54, 1.807) is 36.4 Å². The van der Waals surface area contributed by atoms with Crippen LogP contribution in [0.3, 0.4) is 0 Å². The molecule has 2 aromatic carbocycles. The van der Waals surface area contributed by atoms with Crippen LogP contribution in [0.1, 0.15) is 15.9 Å². The fourth-order valence-corrected chi connectivity index (χ4v) is 2.41. The third-order valence-corrected chi connectivity index (χ3v) is 4.21. The van der Waals surface area contributed by atoms with E-state index in [2.05, 4.69) is 26.6 Å². The third kappa shape index (κ3) is 4.72. The first-order chi connectivity index (χ1) is 11.4. The summed E-state index contributed by atoms with van der Waals surface area (Å²) in [6.45, 7) is 1.67. The molecule has 2 amide bonds. The van der Waals surface area contributed by atoms with Gasteiger partial charge in [-0.1, -0.05) is 27.5 Å². The maximum atomic E-state index is 12.0. The van der Waals surface area contributed by atoms with Crippen molar-refractivity contribution in [2.45, 2.75) is 6.92 Å². The van der Waals surface area contributed by atoms with Crippen LogP contribution in [0.4, 0.5) is 5.69 Å². The van der Waals surface area contributed by atoms with Crippen molar-refractivity contribution in [2.75, 3.05) is 19.0 Å². The lowest BCUT2D eigenvalue weighted by Gasteiger charge is -2.12. The summed E-state index contributed by atoms with van der Waals surface area (Å²) >= 11 is 9.33. The highest BCUT2D eigenvalue weighted by molar-refractivity contribution is 9.10. The van der Waals surface area contributed by atoms with E-state index in [-0.39, 0.29) is 18.4 Å². The largest absolute Gasteiger partial charge is 0.495 e. The zero-order chi connectivity index (χ0) is 17.7. The number of hydrogen-bond acceptors (Lipinski definition) is 3. The van der Waals surface area contributed by atoms with Crippen LogP contribution >= 0.6 is 27.5 Å². The van der Waals surface area contributed by atoms with Gasteiger partial charge in [-0.15, -0.1) is 0 Å². The molecular formula is C17H16BrClN2O3. The molecule has 7 heteroatoms. The molecule has 5 nitrogen and oxygen atoms in total. The van der Waals surface area contributed by atoms with Gasteiger partial charge in [-0.3, -0.25) is 9.59 Å². The molecule has 2 N–H and O–H groups in total. The molecule has 0 aromatic heterocycles. The predicted molar refractivity (Wildman–Crippen MR) is 97.8 cm³/mol. The molecule has 24 heavy (non-hydrogen) atoms. The third-order valence-electron chi connectivity index (χ3n) is 3.27. The van der Waals surface area contributed by atoms with Gasteiger partial charge in [0.2, 0.25) is 5.91 Å². The molecule has 2 aromatic rings. The Morgan fingerprint density at radius 2 is 1.88 bits per heavy atom. The van der Waals surface area contributed by atoms with E-state index in [1.807, 2.05) is 6.92 Å². The number of ether oxygens (including phenoxy) is 1. The Morgan fingerprint density at radius 3 is 2.50 bits per heavy atom. The minimum Gasteiger partial charge on any atom is -0.495 e. The van der Waals surface area contributed by atoms with E-state index in [1.165, 1.54) is 7.11 Å². The molecule has 0 radical (unpaired) electrons. The average molecular weight is 412 g/mol. The number of carbonyl (C=O) groups is 2. The van der Waals surface area contributed by atoms with Crippen molar-refractivity contribution >= 4 is 45.0 Å². The number of nitrogens with one attached hydrogen (secondary N) is 2. The predicted octanol–water partition coefficient (Wildman–Crippen LogP) is 3.79. The maximum Gasteiger partial charge on any atom is 0.251 e. The molecule has 126 valence electrons. The molecule has 0 heterocycles. The number of benzene rings is 2. The Kier molecular flexibility index (Phi) is 6.23. The van der Waals surface area contributed by atoms with Crippen LogP contribution in [0.5, 0.6) is 5.75 Å². The number of aryl methyl sites for hydroxylation is 1. The van der Waals surface area contributed by atoms with E-state index in [9.17, 15) is 9.59 Å².